The summed E-state index contributed by atoms with van der Waals surface area (Å²) in [4.78, 5) is 21.0. The van der Waals surface area contributed by atoms with Crippen LogP contribution in [0.1, 0.15) is 27.6 Å². The first kappa shape index (κ1) is 24.5. The van der Waals surface area contributed by atoms with Crippen molar-refractivity contribution in [2.45, 2.75) is 12.7 Å². The van der Waals surface area contributed by atoms with E-state index in [1.54, 1.807) is 25.4 Å². The smallest absolute Gasteiger partial charge is 0.257 e. The first-order chi connectivity index (χ1) is 16.5. The van der Waals surface area contributed by atoms with E-state index in [4.69, 9.17) is 32.7 Å². The molecule has 1 aliphatic heterocycles. The number of aromatic nitrogens is 1. The van der Waals surface area contributed by atoms with Crippen LogP contribution in [0.15, 0.2) is 66.9 Å². The molecular weight excluding hydrogens is 473 g/mol. The molecule has 0 bridgehead atoms. The fraction of sp³-hybridized carbons (Fsp3) is 0.308. The van der Waals surface area contributed by atoms with Crippen molar-refractivity contribution in [1.82, 2.24) is 14.8 Å². The van der Waals surface area contributed by atoms with Gasteiger partial charge in [0.25, 0.3) is 5.91 Å². The lowest BCUT2D eigenvalue weighted by Crippen LogP contribution is -2.49. The van der Waals surface area contributed by atoms with E-state index >= 15 is 0 Å². The molecule has 3 aromatic rings. The highest BCUT2D eigenvalue weighted by Gasteiger charge is 2.26. The third-order valence-electron chi connectivity index (χ3n) is 5.90. The third kappa shape index (κ3) is 6.27. The first-order valence-corrected chi connectivity index (χ1v) is 11.9. The zero-order valence-electron chi connectivity index (χ0n) is 19.0. The lowest BCUT2D eigenvalue weighted by molar-refractivity contribution is 0.00337. The number of ether oxygens (including phenoxy) is 2. The van der Waals surface area contributed by atoms with Gasteiger partial charge in [-0.1, -0.05) is 47.5 Å². The molecule has 34 heavy (non-hydrogen) atoms. The van der Waals surface area contributed by atoms with Gasteiger partial charge in [-0.3, -0.25) is 9.69 Å². The number of nitrogens with zero attached hydrogens (tertiary/aromatic N) is 3. The van der Waals surface area contributed by atoms with Gasteiger partial charge in [-0.15, -0.1) is 0 Å². The van der Waals surface area contributed by atoms with Crippen molar-refractivity contribution in [2.75, 3.05) is 39.8 Å². The molecule has 0 N–H and O–H groups in total. The predicted molar refractivity (Wildman–Crippen MR) is 134 cm³/mol. The maximum absolute atomic E-state index is 12.9. The Morgan fingerprint density at radius 1 is 1.03 bits per heavy atom. The van der Waals surface area contributed by atoms with E-state index in [-0.39, 0.29) is 17.2 Å². The van der Waals surface area contributed by atoms with Gasteiger partial charge in [-0.25, -0.2) is 4.98 Å². The van der Waals surface area contributed by atoms with Gasteiger partial charge in [0.2, 0.25) is 0 Å². The van der Waals surface area contributed by atoms with E-state index in [0.29, 0.717) is 36.8 Å². The number of pyridine rings is 1. The number of benzene rings is 2. The molecule has 1 unspecified atom stereocenters. The third-order valence-corrected chi connectivity index (χ3v) is 6.45. The lowest BCUT2D eigenvalue weighted by atomic mass is 10.1. The van der Waals surface area contributed by atoms with E-state index in [2.05, 4.69) is 9.88 Å². The van der Waals surface area contributed by atoms with Crippen LogP contribution in [-0.4, -0.2) is 60.5 Å². The molecule has 1 fully saturated rings. The maximum atomic E-state index is 12.9. The number of carbonyl (C=O) groups is 1. The molecule has 8 heteroatoms. The van der Waals surface area contributed by atoms with Crippen LogP contribution in [0, 0.1) is 0 Å². The highest BCUT2D eigenvalue weighted by molar-refractivity contribution is 6.32. The minimum atomic E-state index is -0.140. The number of methoxy groups -OCH3 is 1. The molecule has 1 saturated heterocycles. The van der Waals surface area contributed by atoms with Gasteiger partial charge in [-0.05, 0) is 47.5 Å². The van der Waals surface area contributed by atoms with Crippen molar-refractivity contribution in [2.24, 2.45) is 0 Å². The Morgan fingerprint density at radius 3 is 2.50 bits per heavy atom. The van der Waals surface area contributed by atoms with Gasteiger partial charge >= 0.3 is 0 Å². The molecular formula is C26H27Cl2N3O3. The molecule has 6 nitrogen and oxygen atoms in total. The Labute approximate surface area is 210 Å². The summed E-state index contributed by atoms with van der Waals surface area (Å²) < 4.78 is 11.7. The highest BCUT2D eigenvalue weighted by Crippen LogP contribution is 2.25. The second-order valence-corrected chi connectivity index (χ2v) is 8.93. The molecule has 1 aromatic heterocycles. The van der Waals surface area contributed by atoms with Crippen LogP contribution in [0.3, 0.4) is 0 Å². The van der Waals surface area contributed by atoms with Crippen molar-refractivity contribution >= 4 is 29.1 Å². The van der Waals surface area contributed by atoms with Crippen molar-refractivity contribution in [3.8, 4) is 5.75 Å². The average molecular weight is 500 g/mol. The fourth-order valence-corrected chi connectivity index (χ4v) is 4.30. The van der Waals surface area contributed by atoms with Gasteiger partial charge in [0.05, 0.1) is 25.4 Å². The minimum absolute atomic E-state index is 0.0822. The normalized spacial score (nSPS) is 15.2. The molecule has 0 radical (unpaired) electrons. The summed E-state index contributed by atoms with van der Waals surface area (Å²) in [5.41, 5.74) is 2.55. The van der Waals surface area contributed by atoms with Crippen LogP contribution < -0.4 is 4.74 Å². The molecule has 0 aliphatic carbocycles. The monoisotopic (exact) mass is 499 g/mol. The molecule has 2 aromatic carbocycles. The van der Waals surface area contributed by atoms with E-state index in [0.717, 1.165) is 30.0 Å². The van der Waals surface area contributed by atoms with E-state index in [1.165, 1.54) is 0 Å². The topological polar surface area (TPSA) is 54.9 Å². The van der Waals surface area contributed by atoms with Crippen LogP contribution in [0.4, 0.5) is 0 Å². The lowest BCUT2D eigenvalue weighted by Gasteiger charge is -2.36. The molecule has 178 valence electrons. The van der Waals surface area contributed by atoms with Crippen LogP contribution in [0.2, 0.25) is 10.2 Å². The number of rotatable bonds is 8. The summed E-state index contributed by atoms with van der Waals surface area (Å²) in [5.74, 6) is 0.722. The number of hydrogen-bond donors (Lipinski definition) is 0. The molecule has 4 rings (SSSR count). The van der Waals surface area contributed by atoms with Crippen LogP contribution >= 0.6 is 23.2 Å². The van der Waals surface area contributed by atoms with Crippen molar-refractivity contribution in [3.05, 3.63) is 93.7 Å². The number of carbonyl (C=O) groups excluding carboxylic acids is 1. The Bertz CT molecular complexity index is 1100. The standard InChI is InChI=1S/C26H27Cl2N3O3/c1-33-22-5-2-4-19(16-22)18-34-24(20-7-9-21(27)10-8-20)17-30-12-14-31(15-13-30)26(32)23-6-3-11-29-25(23)28/h2-11,16,24H,12-15,17-18H2,1H3. The van der Waals surface area contributed by atoms with Crippen LogP contribution in [-0.2, 0) is 11.3 Å². The van der Waals surface area contributed by atoms with Crippen molar-refractivity contribution in [1.29, 1.82) is 0 Å². The van der Waals surface area contributed by atoms with Gasteiger partial charge in [-0.2, -0.15) is 0 Å². The van der Waals surface area contributed by atoms with E-state index in [9.17, 15) is 4.79 Å². The predicted octanol–water partition coefficient (Wildman–Crippen LogP) is 5.11. The first-order valence-electron chi connectivity index (χ1n) is 11.2. The average Bonchev–Trinajstić information content (AvgIpc) is 2.87. The summed E-state index contributed by atoms with van der Waals surface area (Å²) >= 11 is 12.2. The van der Waals surface area contributed by atoms with Crippen molar-refractivity contribution in [3.63, 3.8) is 0 Å². The second kappa shape index (κ2) is 11.7. The molecule has 2 heterocycles. The summed E-state index contributed by atoms with van der Waals surface area (Å²) in [6, 6.07) is 19.1. The van der Waals surface area contributed by atoms with Gasteiger partial charge in [0.1, 0.15) is 10.9 Å². The minimum Gasteiger partial charge on any atom is -0.497 e. The second-order valence-electron chi connectivity index (χ2n) is 8.14. The number of hydrogen-bond acceptors (Lipinski definition) is 5. The number of amides is 1. The van der Waals surface area contributed by atoms with Gasteiger partial charge < -0.3 is 14.4 Å². The Balaban J connectivity index is 1.40. The Morgan fingerprint density at radius 2 is 1.79 bits per heavy atom. The molecule has 0 spiro atoms. The zero-order valence-corrected chi connectivity index (χ0v) is 20.5. The summed E-state index contributed by atoms with van der Waals surface area (Å²) in [7, 11) is 1.66. The fourth-order valence-electron chi connectivity index (χ4n) is 3.97. The molecule has 1 aliphatic rings. The summed E-state index contributed by atoms with van der Waals surface area (Å²) in [6.07, 6.45) is 1.44. The van der Waals surface area contributed by atoms with Crippen LogP contribution in [0.5, 0.6) is 5.75 Å². The molecule has 0 saturated carbocycles. The highest BCUT2D eigenvalue weighted by atomic mass is 35.5. The van der Waals surface area contributed by atoms with Crippen LogP contribution in [0.25, 0.3) is 0 Å². The van der Waals surface area contributed by atoms with Gasteiger partial charge in [0.15, 0.2) is 0 Å². The van der Waals surface area contributed by atoms with E-state index < -0.39 is 0 Å². The zero-order chi connectivity index (χ0) is 23.9. The Kier molecular flexibility index (Phi) is 8.40. The summed E-state index contributed by atoms with van der Waals surface area (Å²) in [6.45, 7) is 3.90. The molecule has 1 amide bonds. The maximum Gasteiger partial charge on any atom is 0.257 e. The largest absolute Gasteiger partial charge is 0.497 e. The number of piperazine rings is 1. The molecule has 1 atom stereocenters. The Hall–Kier alpha value is -2.64. The quantitative estimate of drug-likeness (QED) is 0.403. The summed E-state index contributed by atoms with van der Waals surface area (Å²) in [5, 5.41) is 0.931. The van der Waals surface area contributed by atoms with Crippen molar-refractivity contribution < 1.29 is 14.3 Å². The SMILES string of the molecule is COc1cccc(COC(CN2CCN(C(=O)c3cccnc3Cl)CC2)c2ccc(Cl)cc2)c1. The van der Waals surface area contributed by atoms with E-state index in [1.807, 2.05) is 53.4 Å². The van der Waals surface area contributed by atoms with Gasteiger partial charge in [0, 0.05) is 43.9 Å². The number of halogens is 2.